The maximum absolute atomic E-state index is 10.4. The standard InChI is InChI=1S/C10H20N2O2.C2H4O2/c1-7(11)6-8-2-4-9(5-3-8)12-10(13)14;1-2(3)4/h7-9,12H,2-6,11H2,1H3,(H,13,14);1H3,(H,3,4)/t7?,8-,9-;. The number of rotatable bonds is 3. The van der Waals surface area contributed by atoms with E-state index in [9.17, 15) is 4.79 Å². The van der Waals surface area contributed by atoms with Gasteiger partial charge in [0.2, 0.25) is 0 Å². The van der Waals surface area contributed by atoms with Gasteiger partial charge in [0.1, 0.15) is 0 Å². The van der Waals surface area contributed by atoms with Gasteiger partial charge in [-0.1, -0.05) is 0 Å². The van der Waals surface area contributed by atoms with Crippen molar-refractivity contribution < 1.29 is 19.8 Å². The van der Waals surface area contributed by atoms with Gasteiger partial charge in [0.05, 0.1) is 0 Å². The number of nitrogens with one attached hydrogen (secondary N) is 1. The molecule has 0 aromatic heterocycles. The molecule has 5 N–H and O–H groups in total. The molecule has 1 fully saturated rings. The second kappa shape index (κ2) is 8.74. The summed E-state index contributed by atoms with van der Waals surface area (Å²) in [6.45, 7) is 3.11. The maximum atomic E-state index is 10.4. The Morgan fingerprint density at radius 3 is 2.06 bits per heavy atom. The number of carboxylic acids is 1. The Balaban J connectivity index is 0.000000631. The van der Waals surface area contributed by atoms with Crippen LogP contribution >= 0.6 is 0 Å². The number of carbonyl (C=O) groups is 2. The average Bonchev–Trinajstić information content (AvgIpc) is 2.18. The fraction of sp³-hybridized carbons (Fsp3) is 0.833. The Bertz CT molecular complexity index is 257. The van der Waals surface area contributed by atoms with Crippen molar-refractivity contribution >= 4 is 12.1 Å². The normalized spacial score (nSPS) is 24.4. The van der Waals surface area contributed by atoms with E-state index in [1.807, 2.05) is 6.92 Å². The first kappa shape index (κ1) is 16.7. The van der Waals surface area contributed by atoms with E-state index in [2.05, 4.69) is 5.32 Å². The molecular weight excluding hydrogens is 236 g/mol. The topological polar surface area (TPSA) is 113 Å². The van der Waals surface area contributed by atoms with E-state index in [0.29, 0.717) is 5.92 Å². The number of nitrogens with two attached hydrogens (primary N) is 1. The van der Waals surface area contributed by atoms with Crippen LogP contribution in [0.2, 0.25) is 0 Å². The van der Waals surface area contributed by atoms with Crippen molar-refractivity contribution in [2.45, 2.75) is 58.0 Å². The van der Waals surface area contributed by atoms with Crippen molar-refractivity contribution in [1.29, 1.82) is 0 Å². The quantitative estimate of drug-likeness (QED) is 0.616. The summed E-state index contributed by atoms with van der Waals surface area (Å²) in [5.74, 6) is -0.137. The molecule has 1 saturated carbocycles. The van der Waals surface area contributed by atoms with E-state index >= 15 is 0 Å². The zero-order valence-electron chi connectivity index (χ0n) is 11.1. The molecule has 6 heteroatoms. The fourth-order valence-corrected chi connectivity index (χ4v) is 2.24. The molecule has 106 valence electrons. The molecule has 1 amide bonds. The van der Waals surface area contributed by atoms with Gasteiger partial charge in [-0.25, -0.2) is 4.79 Å². The molecule has 0 aromatic rings. The molecule has 1 aliphatic rings. The summed E-state index contributed by atoms with van der Waals surface area (Å²) in [4.78, 5) is 19.4. The van der Waals surface area contributed by atoms with E-state index in [1.54, 1.807) is 0 Å². The molecule has 18 heavy (non-hydrogen) atoms. The summed E-state index contributed by atoms with van der Waals surface area (Å²) in [5, 5.41) is 18.5. The SMILES string of the molecule is CC(=O)O.CC(N)C[C@H]1CC[C@H](NC(=O)O)CC1. The van der Waals surface area contributed by atoms with Crippen LogP contribution in [0.5, 0.6) is 0 Å². The van der Waals surface area contributed by atoms with Gasteiger partial charge in [0.25, 0.3) is 5.97 Å². The van der Waals surface area contributed by atoms with Crippen molar-refractivity contribution in [2.24, 2.45) is 11.7 Å². The molecule has 1 unspecified atom stereocenters. The summed E-state index contributed by atoms with van der Waals surface area (Å²) in [7, 11) is 0. The van der Waals surface area contributed by atoms with Crippen molar-refractivity contribution in [2.75, 3.05) is 0 Å². The molecule has 1 atom stereocenters. The Morgan fingerprint density at radius 1 is 1.28 bits per heavy atom. The molecule has 1 rings (SSSR count). The minimum Gasteiger partial charge on any atom is -0.481 e. The molecule has 0 spiro atoms. The Labute approximate surface area is 108 Å². The van der Waals surface area contributed by atoms with Gasteiger partial charge in [0, 0.05) is 19.0 Å². The van der Waals surface area contributed by atoms with E-state index in [1.165, 1.54) is 0 Å². The predicted octanol–water partition coefficient (Wildman–Crippen LogP) is 1.64. The number of carboxylic acid groups (broad SMARTS) is 2. The van der Waals surface area contributed by atoms with Gasteiger partial charge in [0.15, 0.2) is 0 Å². The lowest BCUT2D eigenvalue weighted by Gasteiger charge is -2.29. The average molecular weight is 260 g/mol. The van der Waals surface area contributed by atoms with Gasteiger partial charge in [-0.05, 0) is 44.9 Å². The van der Waals surface area contributed by atoms with Gasteiger partial charge < -0.3 is 21.3 Å². The van der Waals surface area contributed by atoms with E-state index in [-0.39, 0.29) is 12.1 Å². The van der Waals surface area contributed by atoms with Crippen LogP contribution in [-0.2, 0) is 4.79 Å². The number of hydrogen-bond donors (Lipinski definition) is 4. The zero-order valence-corrected chi connectivity index (χ0v) is 11.1. The molecule has 0 bridgehead atoms. The number of aliphatic carboxylic acids is 1. The van der Waals surface area contributed by atoms with Gasteiger partial charge in [-0.2, -0.15) is 0 Å². The van der Waals surface area contributed by atoms with Crippen LogP contribution in [0.4, 0.5) is 4.79 Å². The lowest BCUT2D eigenvalue weighted by Crippen LogP contribution is -2.37. The van der Waals surface area contributed by atoms with E-state index in [0.717, 1.165) is 39.0 Å². The van der Waals surface area contributed by atoms with Crippen LogP contribution in [0, 0.1) is 5.92 Å². The minimum absolute atomic E-state index is 0.164. The van der Waals surface area contributed by atoms with Crippen LogP contribution in [-0.4, -0.2) is 34.4 Å². The highest BCUT2D eigenvalue weighted by molar-refractivity contribution is 5.64. The zero-order chi connectivity index (χ0) is 14.1. The van der Waals surface area contributed by atoms with Crippen molar-refractivity contribution in [3.8, 4) is 0 Å². The molecule has 0 aliphatic heterocycles. The number of hydrogen-bond acceptors (Lipinski definition) is 3. The first-order chi connectivity index (χ1) is 8.31. The highest BCUT2D eigenvalue weighted by Crippen LogP contribution is 2.27. The third kappa shape index (κ3) is 9.89. The maximum Gasteiger partial charge on any atom is 0.404 e. The van der Waals surface area contributed by atoms with Gasteiger partial charge in [-0.15, -0.1) is 0 Å². The van der Waals surface area contributed by atoms with Crippen molar-refractivity contribution in [3.63, 3.8) is 0 Å². The Kier molecular flexibility index (Phi) is 8.11. The van der Waals surface area contributed by atoms with Crippen molar-refractivity contribution in [1.82, 2.24) is 5.32 Å². The van der Waals surface area contributed by atoms with Gasteiger partial charge >= 0.3 is 6.09 Å². The summed E-state index contributed by atoms with van der Waals surface area (Å²) in [6.07, 6.45) is 4.30. The van der Waals surface area contributed by atoms with E-state index in [4.69, 9.17) is 20.7 Å². The highest BCUT2D eigenvalue weighted by Gasteiger charge is 2.22. The molecule has 6 nitrogen and oxygen atoms in total. The molecule has 1 aliphatic carbocycles. The Hall–Kier alpha value is -1.30. The summed E-state index contributed by atoms with van der Waals surface area (Å²) < 4.78 is 0. The van der Waals surface area contributed by atoms with Crippen LogP contribution < -0.4 is 11.1 Å². The highest BCUT2D eigenvalue weighted by atomic mass is 16.4. The van der Waals surface area contributed by atoms with Crippen LogP contribution in [0.3, 0.4) is 0 Å². The first-order valence-corrected chi connectivity index (χ1v) is 6.25. The largest absolute Gasteiger partial charge is 0.481 e. The minimum atomic E-state index is -0.902. The lowest BCUT2D eigenvalue weighted by atomic mass is 9.83. The third-order valence-electron chi connectivity index (χ3n) is 2.88. The molecule has 0 heterocycles. The molecule has 0 saturated heterocycles. The van der Waals surface area contributed by atoms with Crippen LogP contribution in [0.25, 0.3) is 0 Å². The second-order valence-corrected chi connectivity index (χ2v) is 4.90. The Morgan fingerprint density at radius 2 is 1.72 bits per heavy atom. The van der Waals surface area contributed by atoms with E-state index < -0.39 is 12.1 Å². The molecule has 0 aromatic carbocycles. The molecular formula is C12H24N2O4. The monoisotopic (exact) mass is 260 g/mol. The van der Waals surface area contributed by atoms with Crippen molar-refractivity contribution in [3.05, 3.63) is 0 Å². The van der Waals surface area contributed by atoms with Crippen LogP contribution in [0.15, 0.2) is 0 Å². The fourth-order valence-electron chi connectivity index (χ4n) is 2.24. The summed E-state index contributed by atoms with van der Waals surface area (Å²) in [6, 6.07) is 0.431. The first-order valence-electron chi connectivity index (χ1n) is 6.25. The van der Waals surface area contributed by atoms with Gasteiger partial charge in [-0.3, -0.25) is 4.79 Å². The molecule has 0 radical (unpaired) electrons. The third-order valence-corrected chi connectivity index (χ3v) is 2.88. The smallest absolute Gasteiger partial charge is 0.404 e. The predicted molar refractivity (Wildman–Crippen MR) is 68.5 cm³/mol. The second-order valence-electron chi connectivity index (χ2n) is 4.90. The summed E-state index contributed by atoms with van der Waals surface area (Å²) in [5.41, 5.74) is 5.73. The van der Waals surface area contributed by atoms with Crippen LogP contribution in [0.1, 0.15) is 46.0 Å². The number of amides is 1. The lowest BCUT2D eigenvalue weighted by molar-refractivity contribution is -0.134. The summed E-state index contributed by atoms with van der Waals surface area (Å²) >= 11 is 0.